The van der Waals surface area contributed by atoms with Gasteiger partial charge >= 0.3 is 0 Å². The summed E-state index contributed by atoms with van der Waals surface area (Å²) in [5.41, 5.74) is 8.23. The van der Waals surface area contributed by atoms with Crippen molar-refractivity contribution in [2.75, 3.05) is 20.3 Å². The van der Waals surface area contributed by atoms with Gasteiger partial charge in [0.15, 0.2) is 0 Å². The molecular weight excluding hydrogens is 202 g/mol. The lowest BCUT2D eigenvalue weighted by atomic mass is 10.1. The highest BCUT2D eigenvalue weighted by atomic mass is 16.5. The standard InChI is InChI=1S/C13H21NO2/c1-4-7-16-9-12(14)11-5-6-13(15-3)10(2)8-11/h5-6,8,12H,4,7,9,14H2,1-3H3. The minimum absolute atomic E-state index is 0.0591. The van der Waals surface area contributed by atoms with Crippen molar-refractivity contribution in [2.45, 2.75) is 26.3 Å². The molecule has 1 atom stereocenters. The van der Waals surface area contributed by atoms with E-state index in [4.69, 9.17) is 15.2 Å². The van der Waals surface area contributed by atoms with Gasteiger partial charge in [-0.15, -0.1) is 0 Å². The average molecular weight is 223 g/mol. The van der Waals surface area contributed by atoms with Crippen LogP contribution < -0.4 is 10.5 Å². The summed E-state index contributed by atoms with van der Waals surface area (Å²) in [6.07, 6.45) is 1.02. The fourth-order valence-electron chi connectivity index (χ4n) is 1.58. The van der Waals surface area contributed by atoms with Crippen molar-refractivity contribution in [3.05, 3.63) is 29.3 Å². The van der Waals surface area contributed by atoms with Crippen molar-refractivity contribution in [1.82, 2.24) is 0 Å². The van der Waals surface area contributed by atoms with Gasteiger partial charge in [0.2, 0.25) is 0 Å². The van der Waals surface area contributed by atoms with Gasteiger partial charge in [-0.1, -0.05) is 19.1 Å². The first-order valence-electron chi connectivity index (χ1n) is 5.67. The third-order valence-corrected chi connectivity index (χ3v) is 2.49. The van der Waals surface area contributed by atoms with E-state index in [1.807, 2.05) is 19.1 Å². The molecule has 1 aromatic carbocycles. The predicted octanol–water partition coefficient (Wildman–Crippen LogP) is 2.43. The first-order valence-corrected chi connectivity index (χ1v) is 5.67. The maximum absolute atomic E-state index is 6.03. The van der Waals surface area contributed by atoms with Crippen molar-refractivity contribution >= 4 is 0 Å². The van der Waals surface area contributed by atoms with Crippen molar-refractivity contribution in [3.63, 3.8) is 0 Å². The van der Waals surface area contributed by atoms with Crippen LogP contribution in [-0.4, -0.2) is 20.3 Å². The molecule has 0 aliphatic carbocycles. The van der Waals surface area contributed by atoms with Gasteiger partial charge in [0.1, 0.15) is 5.75 Å². The summed E-state index contributed by atoms with van der Waals surface area (Å²) in [6.45, 7) is 5.44. The van der Waals surface area contributed by atoms with Gasteiger partial charge < -0.3 is 15.2 Å². The molecule has 1 unspecified atom stereocenters. The summed E-state index contributed by atoms with van der Waals surface area (Å²) < 4.78 is 10.6. The highest BCUT2D eigenvalue weighted by molar-refractivity contribution is 5.37. The zero-order valence-electron chi connectivity index (χ0n) is 10.3. The summed E-state index contributed by atoms with van der Waals surface area (Å²) in [7, 11) is 1.67. The Balaban J connectivity index is 2.62. The maximum atomic E-state index is 6.03. The molecule has 3 nitrogen and oxygen atoms in total. The third kappa shape index (κ3) is 3.51. The van der Waals surface area contributed by atoms with Crippen LogP contribution >= 0.6 is 0 Å². The average Bonchev–Trinajstić information content (AvgIpc) is 2.29. The minimum atomic E-state index is -0.0591. The molecule has 0 aliphatic rings. The molecule has 3 heteroatoms. The minimum Gasteiger partial charge on any atom is -0.496 e. The van der Waals surface area contributed by atoms with E-state index in [9.17, 15) is 0 Å². The third-order valence-electron chi connectivity index (χ3n) is 2.49. The van der Waals surface area contributed by atoms with Crippen LogP contribution in [0.5, 0.6) is 5.75 Å². The Kier molecular flexibility index (Phi) is 5.29. The largest absolute Gasteiger partial charge is 0.496 e. The molecule has 90 valence electrons. The Morgan fingerprint density at radius 2 is 2.12 bits per heavy atom. The number of hydrogen-bond donors (Lipinski definition) is 1. The molecule has 2 N–H and O–H groups in total. The highest BCUT2D eigenvalue weighted by Crippen LogP contribution is 2.21. The molecule has 1 rings (SSSR count). The maximum Gasteiger partial charge on any atom is 0.121 e. The molecule has 0 fully saturated rings. The first kappa shape index (κ1) is 13.0. The van der Waals surface area contributed by atoms with E-state index in [1.165, 1.54) is 0 Å². The van der Waals surface area contributed by atoms with Crippen LogP contribution in [0.2, 0.25) is 0 Å². The SMILES string of the molecule is CCCOCC(N)c1ccc(OC)c(C)c1. The normalized spacial score (nSPS) is 12.5. The number of rotatable bonds is 6. The van der Waals surface area contributed by atoms with Crippen LogP contribution in [0.25, 0.3) is 0 Å². The lowest BCUT2D eigenvalue weighted by molar-refractivity contribution is 0.121. The second-order valence-electron chi connectivity index (χ2n) is 3.91. The number of benzene rings is 1. The number of ether oxygens (including phenoxy) is 2. The summed E-state index contributed by atoms with van der Waals surface area (Å²) in [5.74, 6) is 0.894. The van der Waals surface area contributed by atoms with Crippen LogP contribution in [0.1, 0.15) is 30.5 Å². The fraction of sp³-hybridized carbons (Fsp3) is 0.538. The Bertz CT molecular complexity index is 326. The molecule has 0 saturated carbocycles. The molecule has 0 bridgehead atoms. The number of aryl methyl sites for hydroxylation is 1. The van der Waals surface area contributed by atoms with Crippen molar-refractivity contribution in [3.8, 4) is 5.75 Å². The van der Waals surface area contributed by atoms with E-state index in [-0.39, 0.29) is 6.04 Å². The second kappa shape index (κ2) is 6.51. The van der Waals surface area contributed by atoms with Crippen LogP contribution in [0.4, 0.5) is 0 Å². The van der Waals surface area contributed by atoms with E-state index in [0.29, 0.717) is 6.61 Å². The van der Waals surface area contributed by atoms with Crippen molar-refractivity contribution < 1.29 is 9.47 Å². The summed E-state index contributed by atoms with van der Waals surface area (Å²) in [6, 6.07) is 5.94. The van der Waals surface area contributed by atoms with E-state index in [2.05, 4.69) is 13.0 Å². The molecule has 0 spiro atoms. The van der Waals surface area contributed by atoms with Gasteiger partial charge in [0, 0.05) is 6.61 Å². The van der Waals surface area contributed by atoms with Gasteiger partial charge in [-0.3, -0.25) is 0 Å². The van der Waals surface area contributed by atoms with Gasteiger partial charge in [0.05, 0.1) is 19.8 Å². The summed E-state index contributed by atoms with van der Waals surface area (Å²) in [4.78, 5) is 0. The molecule has 0 amide bonds. The number of nitrogens with two attached hydrogens (primary N) is 1. The smallest absolute Gasteiger partial charge is 0.121 e. The van der Waals surface area contributed by atoms with Crippen molar-refractivity contribution in [1.29, 1.82) is 0 Å². The highest BCUT2D eigenvalue weighted by Gasteiger charge is 2.08. The van der Waals surface area contributed by atoms with E-state index >= 15 is 0 Å². The zero-order valence-corrected chi connectivity index (χ0v) is 10.3. The molecule has 0 heterocycles. The Morgan fingerprint density at radius 3 is 2.69 bits per heavy atom. The Labute approximate surface area is 97.6 Å². The van der Waals surface area contributed by atoms with Gasteiger partial charge in [-0.05, 0) is 30.5 Å². The number of hydrogen-bond acceptors (Lipinski definition) is 3. The monoisotopic (exact) mass is 223 g/mol. The van der Waals surface area contributed by atoms with Gasteiger partial charge in [-0.2, -0.15) is 0 Å². The van der Waals surface area contributed by atoms with Crippen LogP contribution in [0.15, 0.2) is 18.2 Å². The zero-order chi connectivity index (χ0) is 12.0. The summed E-state index contributed by atoms with van der Waals surface area (Å²) in [5, 5.41) is 0. The van der Waals surface area contributed by atoms with E-state index in [0.717, 1.165) is 29.9 Å². The molecule has 0 aromatic heterocycles. The second-order valence-corrected chi connectivity index (χ2v) is 3.91. The topological polar surface area (TPSA) is 44.5 Å². The molecule has 0 saturated heterocycles. The van der Waals surface area contributed by atoms with Crippen LogP contribution in [0, 0.1) is 6.92 Å². The lowest BCUT2D eigenvalue weighted by Gasteiger charge is -2.14. The van der Waals surface area contributed by atoms with E-state index in [1.54, 1.807) is 7.11 Å². The molecule has 16 heavy (non-hydrogen) atoms. The molecule has 0 radical (unpaired) electrons. The molecular formula is C13H21NO2. The van der Waals surface area contributed by atoms with Crippen LogP contribution in [-0.2, 0) is 4.74 Å². The quantitative estimate of drug-likeness (QED) is 0.753. The first-order chi connectivity index (χ1) is 7.69. The fourth-order valence-corrected chi connectivity index (χ4v) is 1.58. The number of methoxy groups -OCH3 is 1. The lowest BCUT2D eigenvalue weighted by Crippen LogP contribution is -2.17. The van der Waals surface area contributed by atoms with Gasteiger partial charge in [0.25, 0.3) is 0 Å². The molecule has 0 aliphatic heterocycles. The predicted molar refractivity (Wildman–Crippen MR) is 65.8 cm³/mol. The van der Waals surface area contributed by atoms with Crippen molar-refractivity contribution in [2.24, 2.45) is 5.73 Å². The van der Waals surface area contributed by atoms with E-state index < -0.39 is 0 Å². The van der Waals surface area contributed by atoms with Gasteiger partial charge in [-0.25, -0.2) is 0 Å². The summed E-state index contributed by atoms with van der Waals surface area (Å²) >= 11 is 0. The Morgan fingerprint density at radius 1 is 1.38 bits per heavy atom. The molecule has 1 aromatic rings. The van der Waals surface area contributed by atoms with Crippen LogP contribution in [0.3, 0.4) is 0 Å². The Hall–Kier alpha value is -1.06.